The van der Waals surface area contributed by atoms with E-state index >= 15 is 0 Å². The predicted molar refractivity (Wildman–Crippen MR) is 81.5 cm³/mol. The molecular weight excluding hydrogens is 288 g/mol. The number of likely N-dealkylation sites (N-methyl/N-ethyl adjacent to an activating group) is 1. The van der Waals surface area contributed by atoms with Crippen molar-refractivity contribution in [2.75, 3.05) is 32.7 Å². The Bertz CT molecular complexity index is 598. The summed E-state index contributed by atoms with van der Waals surface area (Å²) in [6, 6.07) is 2.20. The highest BCUT2D eigenvalue weighted by molar-refractivity contribution is 7.89. The van der Waals surface area contributed by atoms with Crippen LogP contribution < -0.4 is 5.73 Å². The molecule has 0 spiro atoms. The number of nitrogens with two attached hydrogens (primary N) is 1. The van der Waals surface area contributed by atoms with E-state index in [4.69, 9.17) is 5.73 Å². The second-order valence-electron chi connectivity index (χ2n) is 5.85. The molecule has 2 heterocycles. The molecule has 1 aliphatic carbocycles. The Kier molecular flexibility index (Phi) is 4.09. The van der Waals surface area contributed by atoms with Crippen LogP contribution in [-0.2, 0) is 16.6 Å². The minimum atomic E-state index is -3.38. The number of sulfonamides is 1. The third-order valence-electron chi connectivity index (χ3n) is 4.47. The summed E-state index contributed by atoms with van der Waals surface area (Å²) in [6.45, 7) is 6.23. The van der Waals surface area contributed by atoms with E-state index in [2.05, 4.69) is 16.4 Å². The van der Waals surface area contributed by atoms with Crippen molar-refractivity contribution in [2.45, 2.75) is 37.2 Å². The van der Waals surface area contributed by atoms with Crippen molar-refractivity contribution in [2.24, 2.45) is 5.73 Å². The molecule has 0 bridgehead atoms. The number of hydrogen-bond acceptors (Lipinski definition) is 4. The third kappa shape index (κ3) is 2.88. The average molecular weight is 312 g/mol. The van der Waals surface area contributed by atoms with Crippen molar-refractivity contribution in [1.29, 1.82) is 0 Å². The fraction of sp³-hybridized carbons (Fsp3) is 0.714. The Hall–Kier alpha value is -0.890. The van der Waals surface area contributed by atoms with Crippen molar-refractivity contribution >= 4 is 10.0 Å². The van der Waals surface area contributed by atoms with Gasteiger partial charge in [-0.15, -0.1) is 0 Å². The second-order valence-corrected chi connectivity index (χ2v) is 7.79. The first kappa shape index (κ1) is 15.0. The average Bonchev–Trinajstić information content (AvgIpc) is 3.25. The van der Waals surface area contributed by atoms with Gasteiger partial charge in [0.05, 0.1) is 0 Å². The van der Waals surface area contributed by atoms with Crippen LogP contribution in [0.5, 0.6) is 0 Å². The van der Waals surface area contributed by atoms with Crippen molar-refractivity contribution < 1.29 is 8.42 Å². The lowest BCUT2D eigenvalue weighted by Crippen LogP contribution is -2.48. The van der Waals surface area contributed by atoms with Crippen LogP contribution in [0, 0.1) is 0 Å². The van der Waals surface area contributed by atoms with E-state index < -0.39 is 10.0 Å². The molecule has 2 fully saturated rings. The molecule has 3 rings (SSSR count). The van der Waals surface area contributed by atoms with Crippen LogP contribution in [0.25, 0.3) is 0 Å². The molecule has 0 radical (unpaired) electrons. The van der Waals surface area contributed by atoms with Crippen LogP contribution in [0.2, 0.25) is 0 Å². The van der Waals surface area contributed by atoms with Gasteiger partial charge in [-0.25, -0.2) is 8.42 Å². The molecule has 1 aromatic heterocycles. The van der Waals surface area contributed by atoms with E-state index in [1.54, 1.807) is 16.6 Å². The molecule has 2 aliphatic rings. The van der Waals surface area contributed by atoms with Crippen molar-refractivity contribution in [3.63, 3.8) is 0 Å². The first-order chi connectivity index (χ1) is 10.1. The van der Waals surface area contributed by atoms with Gasteiger partial charge in [0.1, 0.15) is 4.90 Å². The van der Waals surface area contributed by atoms with Gasteiger partial charge in [-0.05, 0) is 25.5 Å². The molecule has 0 aromatic carbocycles. The molecule has 21 heavy (non-hydrogen) atoms. The maximum atomic E-state index is 12.8. The summed E-state index contributed by atoms with van der Waals surface area (Å²) in [6.07, 6.45) is 4.02. The minimum absolute atomic E-state index is 0.385. The number of rotatable bonds is 5. The highest BCUT2D eigenvalue weighted by atomic mass is 32.2. The smallest absolute Gasteiger partial charge is 0.244 e. The molecule has 1 aromatic rings. The lowest BCUT2D eigenvalue weighted by molar-refractivity contribution is 0.196. The maximum Gasteiger partial charge on any atom is 0.244 e. The summed E-state index contributed by atoms with van der Waals surface area (Å²) in [5.74, 6) is 0. The number of aromatic nitrogens is 1. The first-order valence-electron chi connectivity index (χ1n) is 7.69. The Morgan fingerprint density at radius 3 is 2.43 bits per heavy atom. The molecule has 0 amide bonds. The third-order valence-corrected chi connectivity index (χ3v) is 6.34. The Balaban J connectivity index is 1.81. The van der Waals surface area contributed by atoms with Gasteiger partial charge < -0.3 is 15.2 Å². The zero-order valence-corrected chi connectivity index (χ0v) is 13.3. The standard InChI is InChI=1S/C14H24N4O2S/c1-2-16-5-7-17(8-6-16)21(19,20)14-9-13(10-15)18(11-14)12-3-4-12/h9,11-12H,2-8,10,15H2,1H3. The largest absolute Gasteiger partial charge is 0.346 e. The molecule has 6 nitrogen and oxygen atoms in total. The highest BCUT2D eigenvalue weighted by Gasteiger charge is 2.32. The normalized spacial score (nSPS) is 21.8. The summed E-state index contributed by atoms with van der Waals surface area (Å²) in [5, 5.41) is 0. The summed E-state index contributed by atoms with van der Waals surface area (Å²) in [5.41, 5.74) is 6.67. The van der Waals surface area contributed by atoms with Crippen LogP contribution in [0.3, 0.4) is 0 Å². The number of hydrogen-bond donors (Lipinski definition) is 1. The zero-order chi connectivity index (χ0) is 15.0. The van der Waals surface area contributed by atoms with Crippen molar-refractivity contribution in [3.05, 3.63) is 18.0 Å². The second kappa shape index (κ2) is 5.72. The molecule has 118 valence electrons. The van der Waals surface area contributed by atoms with Gasteiger partial charge in [0, 0.05) is 50.7 Å². The first-order valence-corrected chi connectivity index (χ1v) is 9.13. The highest BCUT2D eigenvalue weighted by Crippen LogP contribution is 2.37. The fourth-order valence-corrected chi connectivity index (χ4v) is 4.40. The molecule has 1 saturated heterocycles. The monoisotopic (exact) mass is 312 g/mol. The number of piperazine rings is 1. The molecule has 1 aliphatic heterocycles. The van der Waals surface area contributed by atoms with Gasteiger partial charge >= 0.3 is 0 Å². The fourth-order valence-electron chi connectivity index (χ4n) is 2.93. The van der Waals surface area contributed by atoms with E-state index in [0.717, 1.165) is 38.2 Å². The summed E-state index contributed by atoms with van der Waals surface area (Å²) in [7, 11) is -3.38. The molecule has 7 heteroatoms. The van der Waals surface area contributed by atoms with E-state index in [-0.39, 0.29) is 0 Å². The van der Waals surface area contributed by atoms with Crippen LogP contribution >= 0.6 is 0 Å². The quantitative estimate of drug-likeness (QED) is 0.864. The van der Waals surface area contributed by atoms with E-state index in [0.29, 0.717) is 30.6 Å². The maximum absolute atomic E-state index is 12.8. The van der Waals surface area contributed by atoms with Gasteiger partial charge in [-0.3, -0.25) is 0 Å². The lowest BCUT2D eigenvalue weighted by Gasteiger charge is -2.32. The predicted octanol–water partition coefficient (Wildman–Crippen LogP) is 0.608. The Labute approximate surface area is 126 Å². The van der Waals surface area contributed by atoms with Crippen LogP contribution in [0.1, 0.15) is 31.5 Å². The van der Waals surface area contributed by atoms with Gasteiger partial charge in [0.15, 0.2) is 0 Å². The zero-order valence-electron chi connectivity index (χ0n) is 12.5. The summed E-state index contributed by atoms with van der Waals surface area (Å²) in [4.78, 5) is 2.67. The molecule has 1 saturated carbocycles. The minimum Gasteiger partial charge on any atom is -0.346 e. The molecular formula is C14H24N4O2S. The topological polar surface area (TPSA) is 71.6 Å². The summed E-state index contributed by atoms with van der Waals surface area (Å²) < 4.78 is 29.2. The van der Waals surface area contributed by atoms with Gasteiger partial charge in [0.25, 0.3) is 0 Å². The van der Waals surface area contributed by atoms with Crippen LogP contribution in [0.4, 0.5) is 0 Å². The van der Waals surface area contributed by atoms with Crippen LogP contribution in [-0.4, -0.2) is 54.9 Å². The number of nitrogens with zero attached hydrogens (tertiary/aromatic N) is 3. The van der Waals surface area contributed by atoms with E-state index in [1.165, 1.54) is 0 Å². The van der Waals surface area contributed by atoms with E-state index in [9.17, 15) is 8.42 Å². The van der Waals surface area contributed by atoms with Crippen molar-refractivity contribution in [1.82, 2.24) is 13.8 Å². The van der Waals surface area contributed by atoms with E-state index in [1.807, 2.05) is 0 Å². The van der Waals surface area contributed by atoms with Gasteiger partial charge in [-0.2, -0.15) is 4.31 Å². The summed E-state index contributed by atoms with van der Waals surface area (Å²) >= 11 is 0. The molecule has 2 N–H and O–H groups in total. The Morgan fingerprint density at radius 2 is 1.90 bits per heavy atom. The Morgan fingerprint density at radius 1 is 1.24 bits per heavy atom. The molecule has 0 atom stereocenters. The van der Waals surface area contributed by atoms with Gasteiger partial charge in [-0.1, -0.05) is 6.92 Å². The molecule has 0 unspecified atom stereocenters. The van der Waals surface area contributed by atoms with Gasteiger partial charge in [0.2, 0.25) is 10.0 Å². The lowest BCUT2D eigenvalue weighted by atomic mass is 10.4. The van der Waals surface area contributed by atoms with Crippen LogP contribution in [0.15, 0.2) is 17.2 Å². The SMILES string of the molecule is CCN1CCN(S(=O)(=O)c2cc(CN)n(C3CC3)c2)CC1. The van der Waals surface area contributed by atoms with Crippen molar-refractivity contribution in [3.8, 4) is 0 Å².